The zero-order valence-electron chi connectivity index (χ0n) is 10.7. The van der Waals surface area contributed by atoms with Gasteiger partial charge in [-0.25, -0.2) is 4.99 Å². The van der Waals surface area contributed by atoms with Crippen molar-refractivity contribution in [1.82, 2.24) is 0 Å². The third-order valence-corrected chi connectivity index (χ3v) is 3.02. The van der Waals surface area contributed by atoms with Crippen molar-refractivity contribution in [2.75, 3.05) is 5.73 Å². The van der Waals surface area contributed by atoms with Crippen LogP contribution in [0.1, 0.15) is 13.3 Å². The van der Waals surface area contributed by atoms with Crippen LogP contribution in [0.3, 0.4) is 0 Å². The number of anilines is 1. The van der Waals surface area contributed by atoms with Gasteiger partial charge in [-0.1, -0.05) is 30.7 Å². The van der Waals surface area contributed by atoms with Gasteiger partial charge in [0.1, 0.15) is 0 Å². The van der Waals surface area contributed by atoms with E-state index in [4.69, 9.17) is 23.1 Å². The summed E-state index contributed by atoms with van der Waals surface area (Å²) < 4.78 is 0. The van der Waals surface area contributed by atoms with Gasteiger partial charge in [-0.15, -0.1) is 0 Å². The molecule has 0 amide bonds. The molecule has 2 rings (SSSR count). The predicted octanol–water partition coefficient (Wildman–Crippen LogP) is 3.99. The van der Waals surface area contributed by atoms with Crippen molar-refractivity contribution in [1.29, 1.82) is 0 Å². The maximum atomic E-state index is 6.03. The van der Waals surface area contributed by atoms with Gasteiger partial charge in [-0.3, -0.25) is 0 Å². The van der Waals surface area contributed by atoms with Crippen LogP contribution < -0.4 is 11.5 Å². The van der Waals surface area contributed by atoms with E-state index in [1.165, 1.54) is 0 Å². The first-order chi connectivity index (χ1) is 9.10. The van der Waals surface area contributed by atoms with Gasteiger partial charge in [0.05, 0.1) is 11.5 Å². The van der Waals surface area contributed by atoms with Crippen LogP contribution in [-0.4, -0.2) is 5.84 Å². The average Bonchev–Trinajstić information content (AvgIpc) is 2.40. The number of nitrogen functional groups attached to an aromatic ring is 1. The number of nitrogens with zero attached hydrogens (tertiary/aromatic N) is 1. The number of halogens is 1. The highest BCUT2D eigenvalue weighted by Crippen LogP contribution is 2.33. The summed E-state index contributed by atoms with van der Waals surface area (Å²) in [6.45, 7) is 1.97. The van der Waals surface area contributed by atoms with Crippen molar-refractivity contribution < 1.29 is 0 Å². The third-order valence-electron chi connectivity index (χ3n) is 2.78. The summed E-state index contributed by atoms with van der Waals surface area (Å²) >= 11 is 6.03. The molecule has 0 aromatic heterocycles. The molecule has 19 heavy (non-hydrogen) atoms. The maximum Gasteiger partial charge on any atom is 0.0993 e. The van der Waals surface area contributed by atoms with E-state index in [0.29, 0.717) is 23.0 Å². The van der Waals surface area contributed by atoms with E-state index in [9.17, 15) is 0 Å². The van der Waals surface area contributed by atoms with Crippen LogP contribution >= 0.6 is 11.6 Å². The highest BCUT2D eigenvalue weighted by Gasteiger charge is 2.06. The molecule has 0 heterocycles. The third kappa shape index (κ3) is 3.26. The summed E-state index contributed by atoms with van der Waals surface area (Å²) in [6, 6.07) is 13.2. The largest absolute Gasteiger partial charge is 0.399 e. The van der Waals surface area contributed by atoms with Crippen molar-refractivity contribution in [3.05, 3.63) is 47.5 Å². The number of rotatable bonds is 3. The number of aliphatic imine (C=N–C) groups is 1. The lowest BCUT2D eigenvalue weighted by molar-refractivity contribution is 1.24. The summed E-state index contributed by atoms with van der Waals surface area (Å²) in [5.74, 6) is 0.591. The van der Waals surface area contributed by atoms with Crippen LogP contribution in [0.4, 0.5) is 11.4 Å². The van der Waals surface area contributed by atoms with Crippen molar-refractivity contribution in [2.45, 2.75) is 13.3 Å². The van der Waals surface area contributed by atoms with E-state index in [2.05, 4.69) is 4.99 Å². The fourth-order valence-electron chi connectivity index (χ4n) is 1.77. The second kappa shape index (κ2) is 5.76. The van der Waals surface area contributed by atoms with Crippen LogP contribution in [0.2, 0.25) is 5.02 Å². The van der Waals surface area contributed by atoms with Crippen LogP contribution in [0.25, 0.3) is 11.1 Å². The first kappa shape index (κ1) is 13.4. The Labute approximate surface area is 117 Å². The Kier molecular flexibility index (Phi) is 4.07. The van der Waals surface area contributed by atoms with Gasteiger partial charge in [-0.05, 0) is 35.9 Å². The molecule has 2 aromatic rings. The number of benzene rings is 2. The normalized spacial score (nSPS) is 11.6. The van der Waals surface area contributed by atoms with E-state index in [0.717, 1.165) is 16.8 Å². The highest BCUT2D eigenvalue weighted by atomic mass is 35.5. The monoisotopic (exact) mass is 273 g/mol. The molecule has 0 radical (unpaired) electrons. The summed E-state index contributed by atoms with van der Waals surface area (Å²) in [5, 5.41) is 0.679. The van der Waals surface area contributed by atoms with Gasteiger partial charge in [-0.2, -0.15) is 0 Å². The van der Waals surface area contributed by atoms with E-state index in [-0.39, 0.29) is 0 Å². The topological polar surface area (TPSA) is 64.4 Å². The minimum Gasteiger partial charge on any atom is -0.399 e. The molecule has 0 bridgehead atoms. The van der Waals surface area contributed by atoms with Gasteiger partial charge in [0.15, 0.2) is 0 Å². The van der Waals surface area contributed by atoms with Gasteiger partial charge >= 0.3 is 0 Å². The zero-order chi connectivity index (χ0) is 13.8. The van der Waals surface area contributed by atoms with Gasteiger partial charge in [0.25, 0.3) is 0 Å². The van der Waals surface area contributed by atoms with E-state index < -0.39 is 0 Å². The molecule has 0 spiro atoms. The Morgan fingerprint density at radius 3 is 2.68 bits per heavy atom. The average molecular weight is 274 g/mol. The van der Waals surface area contributed by atoms with Crippen LogP contribution in [0.5, 0.6) is 0 Å². The van der Waals surface area contributed by atoms with E-state index in [1.807, 2.05) is 49.4 Å². The molecule has 4 N–H and O–H groups in total. The molecular weight excluding hydrogens is 258 g/mol. The lowest BCUT2D eigenvalue weighted by atomic mass is 10.0. The summed E-state index contributed by atoms with van der Waals surface area (Å²) in [7, 11) is 0. The molecule has 4 heteroatoms. The molecule has 98 valence electrons. The number of amidine groups is 1. The minimum absolute atomic E-state index is 0.591. The van der Waals surface area contributed by atoms with Crippen LogP contribution in [0, 0.1) is 0 Å². The highest BCUT2D eigenvalue weighted by molar-refractivity contribution is 6.30. The molecule has 0 fully saturated rings. The molecule has 0 aliphatic rings. The number of hydrogen-bond donors (Lipinski definition) is 2. The Bertz CT molecular complexity index is 621. The van der Waals surface area contributed by atoms with Crippen LogP contribution in [-0.2, 0) is 0 Å². The summed E-state index contributed by atoms with van der Waals surface area (Å²) in [5.41, 5.74) is 15.1. The molecule has 0 unspecified atom stereocenters. The second-order valence-corrected chi connectivity index (χ2v) is 4.68. The van der Waals surface area contributed by atoms with Crippen molar-refractivity contribution >= 4 is 28.8 Å². The Balaban J connectivity index is 2.58. The van der Waals surface area contributed by atoms with E-state index >= 15 is 0 Å². The Hall–Kier alpha value is -2.00. The Morgan fingerprint density at radius 1 is 1.21 bits per heavy atom. The molecule has 0 saturated heterocycles. The smallest absolute Gasteiger partial charge is 0.0993 e. The minimum atomic E-state index is 0.591. The van der Waals surface area contributed by atoms with Crippen LogP contribution in [0.15, 0.2) is 47.5 Å². The number of hydrogen-bond acceptors (Lipinski definition) is 2. The second-order valence-electron chi connectivity index (χ2n) is 4.24. The molecule has 3 nitrogen and oxygen atoms in total. The molecule has 0 saturated carbocycles. The fraction of sp³-hybridized carbons (Fsp3) is 0.133. The molecule has 2 aromatic carbocycles. The van der Waals surface area contributed by atoms with Crippen molar-refractivity contribution in [3.8, 4) is 11.1 Å². The summed E-state index contributed by atoms with van der Waals surface area (Å²) in [4.78, 5) is 4.42. The molecule has 0 aliphatic heterocycles. The van der Waals surface area contributed by atoms with Crippen molar-refractivity contribution in [2.24, 2.45) is 10.7 Å². The van der Waals surface area contributed by atoms with E-state index in [1.54, 1.807) is 0 Å². The molecule has 0 atom stereocenters. The lowest BCUT2D eigenvalue weighted by Gasteiger charge is -2.08. The van der Waals surface area contributed by atoms with Gasteiger partial charge < -0.3 is 11.5 Å². The van der Waals surface area contributed by atoms with Gasteiger partial charge in [0.2, 0.25) is 0 Å². The maximum absolute atomic E-state index is 6.03. The van der Waals surface area contributed by atoms with Crippen molar-refractivity contribution in [3.63, 3.8) is 0 Å². The molecular formula is C15H16ClN3. The molecule has 0 aliphatic carbocycles. The first-order valence-corrected chi connectivity index (χ1v) is 6.46. The predicted molar refractivity (Wildman–Crippen MR) is 82.9 cm³/mol. The lowest BCUT2D eigenvalue weighted by Crippen LogP contribution is -2.08. The van der Waals surface area contributed by atoms with Gasteiger partial charge in [0, 0.05) is 22.7 Å². The Morgan fingerprint density at radius 2 is 2.00 bits per heavy atom. The zero-order valence-corrected chi connectivity index (χ0v) is 11.5. The SMILES string of the molecule is CCC(N)=Nc1ccc(N)cc1-c1cccc(Cl)c1. The standard InChI is InChI=1S/C15H16ClN3/c1-2-15(18)19-14-7-6-12(17)9-13(14)10-4-3-5-11(16)8-10/h3-9H,2,17H2,1H3,(H2,18,19). The number of nitrogens with two attached hydrogens (primary N) is 2. The first-order valence-electron chi connectivity index (χ1n) is 6.08. The summed E-state index contributed by atoms with van der Waals surface area (Å²) in [6.07, 6.45) is 0.708. The fourth-order valence-corrected chi connectivity index (χ4v) is 1.96. The quantitative estimate of drug-likeness (QED) is 0.504.